The van der Waals surface area contributed by atoms with Gasteiger partial charge in [-0.15, -0.1) is 0 Å². The van der Waals surface area contributed by atoms with E-state index in [0.29, 0.717) is 11.4 Å². The van der Waals surface area contributed by atoms with Gasteiger partial charge in [0.25, 0.3) is 0 Å². The van der Waals surface area contributed by atoms with E-state index in [4.69, 9.17) is 4.74 Å². The molecule has 0 spiro atoms. The van der Waals surface area contributed by atoms with Gasteiger partial charge in [-0.1, -0.05) is 25.7 Å². The maximum Gasteiger partial charge on any atom is 0.213 e. The van der Waals surface area contributed by atoms with E-state index in [9.17, 15) is 4.79 Å². The van der Waals surface area contributed by atoms with Gasteiger partial charge in [0.15, 0.2) is 0 Å². The molecule has 1 aliphatic rings. The van der Waals surface area contributed by atoms with Crippen molar-refractivity contribution < 1.29 is 9.53 Å². The fourth-order valence-corrected chi connectivity index (χ4v) is 2.91. The first-order valence-electron chi connectivity index (χ1n) is 7.34. The molecule has 0 unspecified atom stereocenters. The van der Waals surface area contributed by atoms with Crippen molar-refractivity contribution in [3.05, 3.63) is 35.9 Å². The number of benzene rings is 1. The molecule has 3 rings (SSSR count). The van der Waals surface area contributed by atoms with Gasteiger partial charge in [-0.25, -0.2) is 4.98 Å². The molecular formula is C17H19NO2. The lowest BCUT2D eigenvalue weighted by Gasteiger charge is -2.10. The van der Waals surface area contributed by atoms with Crippen molar-refractivity contribution in [3.63, 3.8) is 0 Å². The number of hydrogen-bond acceptors (Lipinski definition) is 3. The van der Waals surface area contributed by atoms with Gasteiger partial charge < -0.3 is 4.74 Å². The Morgan fingerprint density at radius 2 is 2.05 bits per heavy atom. The smallest absolute Gasteiger partial charge is 0.213 e. The normalized spacial score (nSPS) is 15.6. The van der Waals surface area contributed by atoms with E-state index >= 15 is 0 Å². The molecule has 1 aliphatic carbocycles. The van der Waals surface area contributed by atoms with Gasteiger partial charge >= 0.3 is 0 Å². The van der Waals surface area contributed by atoms with Crippen LogP contribution in [-0.2, 0) is 0 Å². The molecule has 2 aromatic rings. The fourth-order valence-electron chi connectivity index (χ4n) is 2.91. The monoisotopic (exact) mass is 269 g/mol. The van der Waals surface area contributed by atoms with E-state index in [2.05, 4.69) is 4.98 Å². The minimum atomic E-state index is 0.675. The predicted octanol–water partition coefficient (Wildman–Crippen LogP) is 4.01. The van der Waals surface area contributed by atoms with E-state index in [1.807, 2.05) is 24.3 Å². The number of carbonyl (C=O) groups is 1. The summed E-state index contributed by atoms with van der Waals surface area (Å²) >= 11 is 0. The predicted molar refractivity (Wildman–Crippen MR) is 79.2 cm³/mol. The summed E-state index contributed by atoms with van der Waals surface area (Å²) in [7, 11) is 0. The van der Waals surface area contributed by atoms with Gasteiger partial charge in [0.05, 0.1) is 12.1 Å². The molecule has 3 heteroatoms. The molecule has 104 valence electrons. The second-order valence-electron chi connectivity index (χ2n) is 5.51. The molecule has 1 fully saturated rings. The van der Waals surface area contributed by atoms with Crippen LogP contribution in [0.2, 0.25) is 0 Å². The zero-order valence-electron chi connectivity index (χ0n) is 11.5. The third kappa shape index (κ3) is 2.98. The standard InChI is InChI=1S/C17H19NO2/c19-12-14-5-7-16-15(11-14)6-8-17(18-16)20-10-9-13-3-1-2-4-13/h5-8,11-13H,1-4,9-10H2. The summed E-state index contributed by atoms with van der Waals surface area (Å²) in [5.74, 6) is 1.51. The molecule has 3 nitrogen and oxygen atoms in total. The Bertz CT molecular complexity index is 603. The van der Waals surface area contributed by atoms with Crippen LogP contribution < -0.4 is 4.74 Å². The minimum Gasteiger partial charge on any atom is -0.478 e. The van der Waals surface area contributed by atoms with Gasteiger partial charge in [0, 0.05) is 17.0 Å². The molecule has 1 heterocycles. The maximum atomic E-state index is 10.7. The number of pyridine rings is 1. The van der Waals surface area contributed by atoms with Crippen molar-refractivity contribution in [2.75, 3.05) is 6.61 Å². The Kier molecular flexibility index (Phi) is 3.95. The number of aldehydes is 1. The molecule has 0 saturated heterocycles. The number of rotatable bonds is 5. The largest absolute Gasteiger partial charge is 0.478 e. The zero-order chi connectivity index (χ0) is 13.8. The highest BCUT2D eigenvalue weighted by Crippen LogP contribution is 2.27. The highest BCUT2D eigenvalue weighted by Gasteiger charge is 2.14. The molecule has 0 bridgehead atoms. The first-order valence-corrected chi connectivity index (χ1v) is 7.34. The second kappa shape index (κ2) is 6.04. The minimum absolute atomic E-state index is 0.675. The first-order chi connectivity index (χ1) is 9.85. The van der Waals surface area contributed by atoms with Crippen LogP contribution in [0.1, 0.15) is 42.5 Å². The van der Waals surface area contributed by atoms with Gasteiger partial charge in [0.2, 0.25) is 5.88 Å². The molecule has 20 heavy (non-hydrogen) atoms. The van der Waals surface area contributed by atoms with Crippen LogP contribution in [0.5, 0.6) is 5.88 Å². The molecule has 1 aromatic carbocycles. The molecule has 1 aromatic heterocycles. The van der Waals surface area contributed by atoms with Crippen molar-refractivity contribution in [2.24, 2.45) is 5.92 Å². The quantitative estimate of drug-likeness (QED) is 0.770. The summed E-state index contributed by atoms with van der Waals surface area (Å²) < 4.78 is 5.75. The Morgan fingerprint density at radius 1 is 1.20 bits per heavy atom. The topological polar surface area (TPSA) is 39.2 Å². The summed E-state index contributed by atoms with van der Waals surface area (Å²) in [6, 6.07) is 9.33. The SMILES string of the molecule is O=Cc1ccc2nc(OCCC3CCCC3)ccc2c1. The Morgan fingerprint density at radius 3 is 2.85 bits per heavy atom. The summed E-state index contributed by atoms with van der Waals surface area (Å²) in [5.41, 5.74) is 1.54. The van der Waals surface area contributed by atoms with Crippen LogP contribution >= 0.6 is 0 Å². The maximum absolute atomic E-state index is 10.7. The van der Waals surface area contributed by atoms with E-state index in [0.717, 1.165) is 36.1 Å². The molecule has 0 amide bonds. The molecule has 0 atom stereocenters. The van der Waals surface area contributed by atoms with Crippen molar-refractivity contribution >= 4 is 17.2 Å². The Labute approximate surface area is 119 Å². The lowest BCUT2D eigenvalue weighted by molar-refractivity contribution is 0.112. The summed E-state index contributed by atoms with van der Waals surface area (Å²) in [6.07, 6.45) is 7.43. The van der Waals surface area contributed by atoms with Crippen LogP contribution in [0, 0.1) is 5.92 Å². The first kappa shape index (κ1) is 13.1. The number of carbonyl (C=O) groups excluding carboxylic acids is 1. The van der Waals surface area contributed by atoms with Crippen LogP contribution in [0.15, 0.2) is 30.3 Å². The third-order valence-corrected chi connectivity index (χ3v) is 4.07. The van der Waals surface area contributed by atoms with Crippen molar-refractivity contribution in [1.29, 1.82) is 0 Å². The third-order valence-electron chi connectivity index (χ3n) is 4.07. The average molecular weight is 269 g/mol. The lowest BCUT2D eigenvalue weighted by Crippen LogP contribution is -2.04. The van der Waals surface area contributed by atoms with Gasteiger partial charge in [-0.3, -0.25) is 4.79 Å². The summed E-state index contributed by atoms with van der Waals surface area (Å²) in [4.78, 5) is 15.2. The summed E-state index contributed by atoms with van der Waals surface area (Å²) in [6.45, 7) is 0.746. The van der Waals surface area contributed by atoms with E-state index in [-0.39, 0.29) is 0 Å². The van der Waals surface area contributed by atoms with Gasteiger partial charge in [0.1, 0.15) is 6.29 Å². The molecule has 1 saturated carbocycles. The zero-order valence-corrected chi connectivity index (χ0v) is 11.5. The van der Waals surface area contributed by atoms with E-state index in [1.165, 1.54) is 25.7 Å². The van der Waals surface area contributed by atoms with Gasteiger partial charge in [-0.05, 0) is 36.6 Å². The molecular weight excluding hydrogens is 250 g/mol. The van der Waals surface area contributed by atoms with Crippen molar-refractivity contribution in [2.45, 2.75) is 32.1 Å². The van der Waals surface area contributed by atoms with Crippen molar-refractivity contribution in [3.8, 4) is 5.88 Å². The second-order valence-corrected chi connectivity index (χ2v) is 5.51. The number of hydrogen-bond donors (Lipinski definition) is 0. The summed E-state index contributed by atoms with van der Waals surface area (Å²) in [5, 5.41) is 0.970. The lowest BCUT2D eigenvalue weighted by atomic mass is 10.1. The Hall–Kier alpha value is -1.90. The van der Waals surface area contributed by atoms with E-state index < -0.39 is 0 Å². The fraction of sp³-hybridized carbons (Fsp3) is 0.412. The van der Waals surface area contributed by atoms with E-state index in [1.54, 1.807) is 6.07 Å². The number of aromatic nitrogens is 1. The molecule has 0 radical (unpaired) electrons. The number of nitrogens with zero attached hydrogens (tertiary/aromatic N) is 1. The van der Waals surface area contributed by atoms with Gasteiger partial charge in [-0.2, -0.15) is 0 Å². The average Bonchev–Trinajstić information content (AvgIpc) is 3.00. The highest BCUT2D eigenvalue weighted by atomic mass is 16.5. The number of fused-ring (bicyclic) bond motifs is 1. The van der Waals surface area contributed by atoms with Crippen molar-refractivity contribution in [1.82, 2.24) is 4.98 Å². The van der Waals surface area contributed by atoms with Crippen LogP contribution in [0.4, 0.5) is 0 Å². The van der Waals surface area contributed by atoms with Crippen LogP contribution in [0.3, 0.4) is 0 Å². The Balaban J connectivity index is 1.64. The number of ether oxygens (including phenoxy) is 1. The highest BCUT2D eigenvalue weighted by molar-refractivity contribution is 5.86. The van der Waals surface area contributed by atoms with Crippen LogP contribution in [0.25, 0.3) is 10.9 Å². The molecule has 0 aliphatic heterocycles. The molecule has 0 N–H and O–H groups in total. The van der Waals surface area contributed by atoms with Crippen LogP contribution in [-0.4, -0.2) is 17.9 Å².